The molecular formula is C9H10O3S. The molecule has 0 aliphatic carbocycles. The number of allylic oxidation sites excluding steroid dienone is 1. The number of ether oxygens (including phenoxy) is 1. The first kappa shape index (κ1) is 9.80. The molecule has 1 rings (SSSR count). The maximum Gasteiger partial charge on any atom is 0.339 e. The third kappa shape index (κ3) is 2.09. The molecule has 1 aromatic rings. The lowest BCUT2D eigenvalue weighted by molar-refractivity contribution is -0.130. The predicted molar refractivity (Wildman–Crippen MR) is 51.6 cm³/mol. The molecule has 0 fully saturated rings. The molecule has 0 atom stereocenters. The Hall–Kier alpha value is -1.29. The van der Waals surface area contributed by atoms with Gasteiger partial charge in [0.05, 0.1) is 7.11 Å². The lowest BCUT2D eigenvalue weighted by Crippen LogP contribution is -2.02. The average Bonchev–Trinajstić information content (AvgIpc) is 2.56. The van der Waals surface area contributed by atoms with E-state index < -0.39 is 5.97 Å². The summed E-state index contributed by atoms with van der Waals surface area (Å²) in [6, 6.07) is 1.76. The van der Waals surface area contributed by atoms with Gasteiger partial charge < -0.3 is 9.84 Å². The van der Waals surface area contributed by atoms with Crippen LogP contribution in [0.15, 0.2) is 22.6 Å². The summed E-state index contributed by atoms with van der Waals surface area (Å²) in [5.74, 6) is -0.538. The number of carboxylic acids is 1. The van der Waals surface area contributed by atoms with Crippen LogP contribution in [0.4, 0.5) is 0 Å². The van der Waals surface area contributed by atoms with Gasteiger partial charge in [-0.3, -0.25) is 0 Å². The number of carbonyl (C=O) groups is 1. The van der Waals surface area contributed by atoms with Crippen molar-refractivity contribution in [3.63, 3.8) is 0 Å². The van der Waals surface area contributed by atoms with Crippen LogP contribution in [0.2, 0.25) is 0 Å². The van der Waals surface area contributed by atoms with Crippen LogP contribution in [-0.2, 0) is 9.53 Å². The van der Waals surface area contributed by atoms with Crippen LogP contribution in [0, 0.1) is 0 Å². The molecule has 3 nitrogen and oxygen atoms in total. The van der Waals surface area contributed by atoms with E-state index in [1.165, 1.54) is 18.4 Å². The van der Waals surface area contributed by atoms with Crippen molar-refractivity contribution < 1.29 is 14.6 Å². The Bertz CT molecular complexity index is 325. The summed E-state index contributed by atoms with van der Waals surface area (Å²) in [5, 5.41) is 12.5. The van der Waals surface area contributed by atoms with Gasteiger partial charge in [0.25, 0.3) is 0 Å². The first-order valence-corrected chi connectivity index (χ1v) is 4.62. The quantitative estimate of drug-likeness (QED) is 0.598. The zero-order valence-corrected chi connectivity index (χ0v) is 8.22. The number of aliphatic carboxylic acids is 1. The van der Waals surface area contributed by atoms with E-state index in [-0.39, 0.29) is 5.57 Å². The van der Waals surface area contributed by atoms with Gasteiger partial charge >= 0.3 is 5.97 Å². The monoisotopic (exact) mass is 198 g/mol. The fourth-order valence-electron chi connectivity index (χ4n) is 0.986. The van der Waals surface area contributed by atoms with Crippen molar-refractivity contribution in [2.75, 3.05) is 7.11 Å². The molecule has 0 radical (unpaired) electrons. The zero-order valence-electron chi connectivity index (χ0n) is 7.40. The Morgan fingerprint density at radius 1 is 1.62 bits per heavy atom. The molecule has 0 saturated heterocycles. The molecule has 1 N–H and O–H groups in total. The summed E-state index contributed by atoms with van der Waals surface area (Å²) >= 11 is 1.46. The Morgan fingerprint density at radius 2 is 2.31 bits per heavy atom. The molecule has 1 heterocycles. The first-order chi connectivity index (χ1) is 6.16. The van der Waals surface area contributed by atoms with E-state index in [4.69, 9.17) is 9.84 Å². The highest BCUT2D eigenvalue weighted by atomic mass is 32.1. The molecular weight excluding hydrogens is 188 g/mol. The van der Waals surface area contributed by atoms with Gasteiger partial charge in [-0.25, -0.2) is 4.79 Å². The summed E-state index contributed by atoms with van der Waals surface area (Å²) in [6.07, 6.45) is 0. The normalized spacial score (nSPS) is 12.2. The maximum absolute atomic E-state index is 10.9. The molecule has 0 aliphatic rings. The van der Waals surface area contributed by atoms with Crippen LogP contribution in [0.3, 0.4) is 0 Å². The molecule has 0 bridgehead atoms. The van der Waals surface area contributed by atoms with E-state index in [0.29, 0.717) is 11.3 Å². The van der Waals surface area contributed by atoms with E-state index >= 15 is 0 Å². The summed E-state index contributed by atoms with van der Waals surface area (Å²) < 4.78 is 4.90. The molecule has 13 heavy (non-hydrogen) atoms. The van der Waals surface area contributed by atoms with Crippen LogP contribution in [0.25, 0.3) is 5.57 Å². The Labute approximate surface area is 80.3 Å². The number of hydrogen-bond acceptors (Lipinski definition) is 3. The van der Waals surface area contributed by atoms with Crippen molar-refractivity contribution in [1.29, 1.82) is 0 Å². The maximum atomic E-state index is 10.9. The topological polar surface area (TPSA) is 46.5 Å². The van der Waals surface area contributed by atoms with Crippen LogP contribution in [0.5, 0.6) is 0 Å². The molecule has 0 saturated carbocycles. The fourth-order valence-corrected chi connectivity index (χ4v) is 1.63. The standard InChI is InChI=1S/C9H10O3S/c1-6(12-2)8(9(10)11)7-3-4-13-5-7/h3-5H,1-2H3,(H,10,11). The van der Waals surface area contributed by atoms with Gasteiger partial charge in [-0.2, -0.15) is 11.3 Å². The molecule has 0 spiro atoms. The number of carboxylic acid groups (broad SMARTS) is 1. The average molecular weight is 198 g/mol. The largest absolute Gasteiger partial charge is 0.500 e. The summed E-state index contributed by atoms with van der Waals surface area (Å²) in [4.78, 5) is 10.9. The Balaban J connectivity index is 3.15. The van der Waals surface area contributed by atoms with Crippen LogP contribution >= 0.6 is 11.3 Å². The van der Waals surface area contributed by atoms with Crippen molar-refractivity contribution in [2.24, 2.45) is 0 Å². The summed E-state index contributed by atoms with van der Waals surface area (Å²) in [5.41, 5.74) is 0.917. The van der Waals surface area contributed by atoms with Crippen molar-refractivity contribution in [3.05, 3.63) is 28.1 Å². The summed E-state index contributed by atoms with van der Waals surface area (Å²) in [6.45, 7) is 1.64. The number of hydrogen-bond donors (Lipinski definition) is 1. The molecule has 0 amide bonds. The van der Waals surface area contributed by atoms with Crippen LogP contribution < -0.4 is 0 Å². The van der Waals surface area contributed by atoms with Gasteiger partial charge in [0, 0.05) is 5.56 Å². The van der Waals surface area contributed by atoms with Gasteiger partial charge in [0.1, 0.15) is 11.3 Å². The molecule has 0 unspecified atom stereocenters. The fraction of sp³-hybridized carbons (Fsp3) is 0.222. The highest BCUT2D eigenvalue weighted by Crippen LogP contribution is 2.21. The second-order valence-electron chi connectivity index (χ2n) is 2.45. The van der Waals surface area contributed by atoms with E-state index in [1.807, 2.05) is 5.38 Å². The smallest absolute Gasteiger partial charge is 0.339 e. The van der Waals surface area contributed by atoms with E-state index in [1.54, 1.807) is 18.4 Å². The van der Waals surface area contributed by atoms with Crippen LogP contribution in [-0.4, -0.2) is 18.2 Å². The molecule has 0 aliphatic heterocycles. The highest BCUT2D eigenvalue weighted by Gasteiger charge is 2.14. The third-order valence-electron chi connectivity index (χ3n) is 1.68. The minimum Gasteiger partial charge on any atom is -0.500 e. The first-order valence-electron chi connectivity index (χ1n) is 3.67. The van der Waals surface area contributed by atoms with Gasteiger partial charge in [0.15, 0.2) is 0 Å². The van der Waals surface area contributed by atoms with Gasteiger partial charge in [0.2, 0.25) is 0 Å². The number of thiophene rings is 1. The van der Waals surface area contributed by atoms with Crippen molar-refractivity contribution in [2.45, 2.75) is 6.92 Å². The minimum absolute atomic E-state index is 0.226. The van der Waals surface area contributed by atoms with Gasteiger partial charge in [-0.05, 0) is 23.8 Å². The number of methoxy groups -OCH3 is 1. The van der Waals surface area contributed by atoms with E-state index in [9.17, 15) is 4.79 Å². The van der Waals surface area contributed by atoms with E-state index in [0.717, 1.165) is 0 Å². The Kier molecular flexibility index (Phi) is 3.08. The lowest BCUT2D eigenvalue weighted by atomic mass is 10.1. The van der Waals surface area contributed by atoms with Gasteiger partial charge in [-0.1, -0.05) is 0 Å². The second-order valence-corrected chi connectivity index (χ2v) is 3.23. The lowest BCUT2D eigenvalue weighted by Gasteiger charge is -2.04. The van der Waals surface area contributed by atoms with Crippen molar-refractivity contribution in [3.8, 4) is 0 Å². The predicted octanol–water partition coefficient (Wildman–Crippen LogP) is 2.21. The molecule has 0 aromatic carbocycles. The van der Waals surface area contributed by atoms with Gasteiger partial charge in [-0.15, -0.1) is 0 Å². The van der Waals surface area contributed by atoms with Crippen molar-refractivity contribution >= 4 is 22.9 Å². The molecule has 4 heteroatoms. The molecule has 1 aromatic heterocycles. The number of rotatable bonds is 3. The van der Waals surface area contributed by atoms with E-state index in [2.05, 4.69) is 0 Å². The van der Waals surface area contributed by atoms with Crippen molar-refractivity contribution in [1.82, 2.24) is 0 Å². The highest BCUT2D eigenvalue weighted by molar-refractivity contribution is 7.08. The minimum atomic E-state index is -0.960. The Morgan fingerprint density at radius 3 is 2.69 bits per heavy atom. The SMILES string of the molecule is COC(C)=C(C(=O)O)c1ccsc1. The summed E-state index contributed by atoms with van der Waals surface area (Å²) in [7, 11) is 1.46. The molecule has 70 valence electrons. The zero-order chi connectivity index (χ0) is 9.84. The second kappa shape index (κ2) is 4.09. The van der Waals surface area contributed by atoms with Crippen LogP contribution in [0.1, 0.15) is 12.5 Å². The third-order valence-corrected chi connectivity index (χ3v) is 2.37.